The van der Waals surface area contributed by atoms with Crippen LogP contribution in [0.2, 0.25) is 0 Å². The van der Waals surface area contributed by atoms with Crippen LogP contribution in [-0.2, 0) is 9.59 Å². The van der Waals surface area contributed by atoms with Gasteiger partial charge in [-0.3, -0.25) is 20.4 Å². The molecule has 0 spiro atoms. The van der Waals surface area contributed by atoms with E-state index in [-0.39, 0.29) is 13.2 Å². The van der Waals surface area contributed by atoms with E-state index >= 15 is 0 Å². The van der Waals surface area contributed by atoms with Crippen LogP contribution < -0.4 is 20.3 Å². The number of hydrogen-bond acceptors (Lipinski definition) is 4. The fraction of sp³-hybridized carbons (Fsp3) is 0.222. The lowest BCUT2D eigenvalue weighted by Crippen LogP contribution is -2.45. The van der Waals surface area contributed by atoms with Crippen molar-refractivity contribution in [3.63, 3.8) is 0 Å². The van der Waals surface area contributed by atoms with Crippen molar-refractivity contribution in [3.05, 3.63) is 58.1 Å². The van der Waals surface area contributed by atoms with Crippen LogP contribution in [0.25, 0.3) is 0 Å². The van der Waals surface area contributed by atoms with Gasteiger partial charge in [0.15, 0.2) is 13.2 Å². The molecular formula is C18H19BrN2O4. The summed E-state index contributed by atoms with van der Waals surface area (Å²) in [7, 11) is 0. The third-order valence-corrected chi connectivity index (χ3v) is 3.70. The highest BCUT2D eigenvalue weighted by Gasteiger charge is 2.08. The summed E-state index contributed by atoms with van der Waals surface area (Å²) in [5, 5.41) is 0. The molecule has 0 aliphatic carbocycles. The van der Waals surface area contributed by atoms with Crippen LogP contribution in [0.15, 0.2) is 46.9 Å². The molecular weight excluding hydrogens is 388 g/mol. The Morgan fingerprint density at radius 3 is 2.32 bits per heavy atom. The van der Waals surface area contributed by atoms with E-state index in [2.05, 4.69) is 26.8 Å². The maximum atomic E-state index is 11.7. The average molecular weight is 407 g/mol. The lowest BCUT2D eigenvalue weighted by atomic mass is 10.1. The zero-order chi connectivity index (χ0) is 18.2. The summed E-state index contributed by atoms with van der Waals surface area (Å²) in [6.07, 6.45) is 0. The van der Waals surface area contributed by atoms with E-state index in [0.717, 1.165) is 15.6 Å². The Morgan fingerprint density at radius 1 is 0.960 bits per heavy atom. The molecule has 0 saturated carbocycles. The van der Waals surface area contributed by atoms with Crippen molar-refractivity contribution >= 4 is 27.7 Å². The van der Waals surface area contributed by atoms with Crippen molar-refractivity contribution < 1.29 is 19.1 Å². The molecule has 2 amide bonds. The highest BCUT2D eigenvalue weighted by molar-refractivity contribution is 9.10. The second kappa shape index (κ2) is 9.08. The molecule has 2 aromatic carbocycles. The van der Waals surface area contributed by atoms with Crippen LogP contribution in [0.3, 0.4) is 0 Å². The van der Waals surface area contributed by atoms with Gasteiger partial charge in [0.05, 0.1) is 0 Å². The molecule has 2 rings (SSSR count). The maximum Gasteiger partial charge on any atom is 0.276 e. The van der Waals surface area contributed by atoms with Gasteiger partial charge in [0, 0.05) is 4.47 Å². The number of rotatable bonds is 6. The number of carbonyl (C=O) groups excluding carboxylic acids is 2. The minimum absolute atomic E-state index is 0.197. The van der Waals surface area contributed by atoms with E-state index < -0.39 is 11.8 Å². The molecule has 0 fully saturated rings. The zero-order valence-electron chi connectivity index (χ0n) is 14.0. The van der Waals surface area contributed by atoms with Gasteiger partial charge in [-0.1, -0.05) is 34.1 Å². The summed E-state index contributed by atoms with van der Waals surface area (Å²) in [4.78, 5) is 23.4. The molecule has 0 atom stereocenters. The van der Waals surface area contributed by atoms with E-state index in [0.29, 0.717) is 11.5 Å². The third kappa shape index (κ3) is 6.46. The number of aryl methyl sites for hydroxylation is 2. The maximum absolute atomic E-state index is 11.7. The first kappa shape index (κ1) is 18.8. The Balaban J connectivity index is 1.70. The molecule has 0 aromatic heterocycles. The van der Waals surface area contributed by atoms with E-state index in [1.54, 1.807) is 18.2 Å². The number of amides is 2. The Morgan fingerprint density at radius 2 is 1.64 bits per heavy atom. The number of ether oxygens (including phenoxy) is 2. The van der Waals surface area contributed by atoms with Crippen LogP contribution in [0.4, 0.5) is 0 Å². The normalized spacial score (nSPS) is 10.0. The third-order valence-electron chi connectivity index (χ3n) is 3.21. The largest absolute Gasteiger partial charge is 0.484 e. The monoisotopic (exact) mass is 406 g/mol. The van der Waals surface area contributed by atoms with Crippen LogP contribution in [0.5, 0.6) is 11.5 Å². The van der Waals surface area contributed by atoms with E-state index in [9.17, 15) is 9.59 Å². The molecule has 6 nitrogen and oxygen atoms in total. The summed E-state index contributed by atoms with van der Waals surface area (Å²) in [6, 6.07) is 12.9. The summed E-state index contributed by atoms with van der Waals surface area (Å²) >= 11 is 3.31. The fourth-order valence-corrected chi connectivity index (χ4v) is 2.30. The first-order chi connectivity index (χ1) is 11.9. The molecule has 0 unspecified atom stereocenters. The smallest absolute Gasteiger partial charge is 0.276 e. The topological polar surface area (TPSA) is 76.7 Å². The molecule has 0 aliphatic rings. The van der Waals surface area contributed by atoms with Gasteiger partial charge < -0.3 is 9.47 Å². The van der Waals surface area contributed by atoms with Gasteiger partial charge >= 0.3 is 0 Å². The molecule has 0 heterocycles. The van der Waals surface area contributed by atoms with Crippen molar-refractivity contribution in [2.24, 2.45) is 0 Å². The zero-order valence-corrected chi connectivity index (χ0v) is 15.6. The SMILES string of the molecule is Cc1ccc(C)c(OCC(=O)NNC(=O)COc2cccc(Br)c2)c1. The van der Waals surface area contributed by atoms with Crippen molar-refractivity contribution in [1.29, 1.82) is 0 Å². The predicted molar refractivity (Wildman–Crippen MR) is 97.3 cm³/mol. The van der Waals surface area contributed by atoms with E-state index in [1.165, 1.54) is 0 Å². The van der Waals surface area contributed by atoms with Crippen molar-refractivity contribution in [3.8, 4) is 11.5 Å². The molecule has 132 valence electrons. The van der Waals surface area contributed by atoms with Gasteiger partial charge in [0.1, 0.15) is 11.5 Å². The second-order valence-electron chi connectivity index (χ2n) is 5.40. The number of hydrazine groups is 1. The molecule has 2 aromatic rings. The first-order valence-electron chi connectivity index (χ1n) is 7.60. The number of hydrogen-bond donors (Lipinski definition) is 2. The van der Waals surface area contributed by atoms with Gasteiger partial charge in [0.2, 0.25) is 0 Å². The van der Waals surface area contributed by atoms with E-state index in [1.807, 2.05) is 38.1 Å². The number of halogens is 1. The highest BCUT2D eigenvalue weighted by atomic mass is 79.9. The lowest BCUT2D eigenvalue weighted by Gasteiger charge is -2.11. The number of benzene rings is 2. The average Bonchev–Trinajstić information content (AvgIpc) is 2.59. The van der Waals surface area contributed by atoms with Gasteiger partial charge in [0.25, 0.3) is 11.8 Å². The predicted octanol–water partition coefficient (Wildman–Crippen LogP) is 2.67. The van der Waals surface area contributed by atoms with Gasteiger partial charge in [-0.05, 0) is 49.2 Å². The minimum atomic E-state index is -0.472. The standard InChI is InChI=1S/C18H19BrN2O4/c1-12-6-7-13(2)16(8-12)25-11-18(23)21-20-17(22)10-24-15-5-3-4-14(19)9-15/h3-9H,10-11H2,1-2H3,(H,20,22)(H,21,23). The second-order valence-corrected chi connectivity index (χ2v) is 6.32. The minimum Gasteiger partial charge on any atom is -0.484 e. The van der Waals surface area contributed by atoms with Crippen LogP contribution >= 0.6 is 15.9 Å². The lowest BCUT2D eigenvalue weighted by molar-refractivity contribution is -0.131. The summed E-state index contributed by atoms with van der Waals surface area (Å²) < 4.78 is 11.6. The molecule has 0 bridgehead atoms. The summed E-state index contributed by atoms with van der Waals surface area (Å²) in [5.74, 6) is 0.255. The van der Waals surface area contributed by atoms with Gasteiger partial charge in [-0.25, -0.2) is 0 Å². The quantitative estimate of drug-likeness (QED) is 0.722. The highest BCUT2D eigenvalue weighted by Crippen LogP contribution is 2.19. The molecule has 2 N–H and O–H groups in total. The Hall–Kier alpha value is -2.54. The number of nitrogens with one attached hydrogen (secondary N) is 2. The summed E-state index contributed by atoms with van der Waals surface area (Å²) in [6.45, 7) is 3.43. The van der Waals surface area contributed by atoms with Gasteiger partial charge in [-0.15, -0.1) is 0 Å². The van der Waals surface area contributed by atoms with E-state index in [4.69, 9.17) is 9.47 Å². The molecule has 0 radical (unpaired) electrons. The number of carbonyl (C=O) groups is 2. The molecule has 25 heavy (non-hydrogen) atoms. The first-order valence-corrected chi connectivity index (χ1v) is 8.39. The Labute approximate surface area is 154 Å². The van der Waals surface area contributed by atoms with Crippen molar-refractivity contribution in [2.45, 2.75) is 13.8 Å². The van der Waals surface area contributed by atoms with Gasteiger partial charge in [-0.2, -0.15) is 0 Å². The molecule has 7 heteroatoms. The summed E-state index contributed by atoms with van der Waals surface area (Å²) in [5.41, 5.74) is 6.53. The van der Waals surface area contributed by atoms with Crippen LogP contribution in [-0.4, -0.2) is 25.0 Å². The Kier molecular flexibility index (Phi) is 6.82. The fourth-order valence-electron chi connectivity index (χ4n) is 1.92. The van der Waals surface area contributed by atoms with Crippen molar-refractivity contribution in [1.82, 2.24) is 10.9 Å². The molecule has 0 aliphatic heterocycles. The Bertz CT molecular complexity index is 764. The molecule has 0 saturated heterocycles. The van der Waals surface area contributed by atoms with Crippen molar-refractivity contribution in [2.75, 3.05) is 13.2 Å². The van der Waals surface area contributed by atoms with Crippen LogP contribution in [0, 0.1) is 13.8 Å². The van der Waals surface area contributed by atoms with Crippen LogP contribution in [0.1, 0.15) is 11.1 Å².